The van der Waals surface area contributed by atoms with Crippen LogP contribution in [0, 0.1) is 18.7 Å². The molecule has 0 aromatic heterocycles. The monoisotopic (exact) mass is 434 g/mol. The molecule has 1 aliphatic rings. The highest BCUT2D eigenvalue weighted by atomic mass is 127. The molecule has 0 radical (unpaired) electrons. The third kappa shape index (κ3) is 6.63. The molecule has 0 amide bonds. The lowest BCUT2D eigenvalue weighted by Crippen LogP contribution is -2.43. The first-order chi connectivity index (χ1) is 10.6. The fraction of sp³-hybridized carbons (Fsp3) is 0.588. The highest BCUT2D eigenvalue weighted by molar-refractivity contribution is 14.0. The van der Waals surface area contributed by atoms with Crippen LogP contribution in [0.2, 0.25) is 0 Å². The summed E-state index contributed by atoms with van der Waals surface area (Å²) in [7, 11) is 3.93. The number of aliphatic imine (C=N–C) groups is 1. The van der Waals surface area contributed by atoms with Crippen LogP contribution < -0.4 is 10.6 Å². The number of rotatable bonds is 4. The zero-order valence-electron chi connectivity index (χ0n) is 14.2. The lowest BCUT2D eigenvalue weighted by molar-refractivity contribution is 0.210. The van der Waals surface area contributed by atoms with Crippen molar-refractivity contribution in [2.24, 2.45) is 10.9 Å². The van der Waals surface area contributed by atoms with E-state index in [0.29, 0.717) is 18.0 Å². The Morgan fingerprint density at radius 3 is 2.83 bits per heavy atom. The van der Waals surface area contributed by atoms with Crippen molar-refractivity contribution < 1.29 is 4.39 Å². The molecule has 1 unspecified atom stereocenters. The number of nitrogens with one attached hydrogen (secondary N) is 2. The molecule has 6 heteroatoms. The Morgan fingerprint density at radius 1 is 1.39 bits per heavy atom. The molecule has 0 aliphatic carbocycles. The van der Waals surface area contributed by atoms with Gasteiger partial charge in [-0.2, -0.15) is 0 Å². The smallest absolute Gasteiger partial charge is 0.191 e. The summed E-state index contributed by atoms with van der Waals surface area (Å²) in [6, 6.07) is 5.32. The van der Waals surface area contributed by atoms with Gasteiger partial charge in [-0.25, -0.2) is 4.39 Å². The minimum atomic E-state index is -0.160. The second-order valence-corrected chi connectivity index (χ2v) is 6.16. The number of piperidine rings is 1. The van der Waals surface area contributed by atoms with Crippen LogP contribution in [0.1, 0.15) is 24.0 Å². The largest absolute Gasteiger partial charge is 0.356 e. The normalized spacial score (nSPS) is 19.1. The maximum atomic E-state index is 13.5. The van der Waals surface area contributed by atoms with Crippen molar-refractivity contribution >= 4 is 29.9 Å². The predicted octanol–water partition coefficient (Wildman–Crippen LogP) is 2.76. The van der Waals surface area contributed by atoms with Crippen LogP contribution in [0.3, 0.4) is 0 Å². The quantitative estimate of drug-likeness (QED) is 0.435. The van der Waals surface area contributed by atoms with Crippen LogP contribution in [0.4, 0.5) is 4.39 Å². The Bertz CT molecular complexity index is 521. The summed E-state index contributed by atoms with van der Waals surface area (Å²) in [4.78, 5) is 6.61. The van der Waals surface area contributed by atoms with E-state index in [2.05, 4.69) is 27.6 Å². The molecule has 1 fully saturated rings. The van der Waals surface area contributed by atoms with Crippen LogP contribution in [0.15, 0.2) is 23.2 Å². The summed E-state index contributed by atoms with van der Waals surface area (Å²) in [6.07, 6.45) is 2.52. The van der Waals surface area contributed by atoms with Crippen LogP contribution >= 0.6 is 24.0 Å². The summed E-state index contributed by atoms with van der Waals surface area (Å²) in [5, 5.41) is 6.62. The molecule has 0 saturated carbocycles. The first kappa shape index (κ1) is 20.2. The van der Waals surface area contributed by atoms with Gasteiger partial charge in [0, 0.05) is 26.7 Å². The van der Waals surface area contributed by atoms with E-state index >= 15 is 0 Å². The molecular weight excluding hydrogens is 406 g/mol. The van der Waals surface area contributed by atoms with Crippen molar-refractivity contribution in [3.05, 3.63) is 35.1 Å². The molecule has 1 atom stereocenters. The molecule has 1 aromatic rings. The minimum absolute atomic E-state index is 0. The lowest BCUT2D eigenvalue weighted by Gasteiger charge is -2.30. The molecule has 0 spiro atoms. The predicted molar refractivity (Wildman–Crippen MR) is 105 cm³/mol. The van der Waals surface area contributed by atoms with Gasteiger partial charge in [-0.05, 0) is 56.5 Å². The molecule has 0 bridgehead atoms. The molecule has 4 nitrogen and oxygen atoms in total. The van der Waals surface area contributed by atoms with Crippen molar-refractivity contribution in [1.82, 2.24) is 15.5 Å². The molecule has 1 heterocycles. The van der Waals surface area contributed by atoms with Gasteiger partial charge in [0.25, 0.3) is 0 Å². The number of nitrogens with zero attached hydrogens (tertiary/aromatic N) is 2. The average Bonchev–Trinajstić information content (AvgIpc) is 2.51. The van der Waals surface area contributed by atoms with Gasteiger partial charge in [-0.15, -0.1) is 24.0 Å². The fourth-order valence-electron chi connectivity index (χ4n) is 2.83. The molecule has 1 aromatic carbocycles. The van der Waals surface area contributed by atoms with Crippen LogP contribution in [-0.4, -0.2) is 44.6 Å². The number of hydrogen-bond donors (Lipinski definition) is 2. The fourth-order valence-corrected chi connectivity index (χ4v) is 2.83. The molecule has 1 saturated heterocycles. The van der Waals surface area contributed by atoms with Gasteiger partial charge in [0.1, 0.15) is 5.82 Å². The molecule has 130 valence electrons. The first-order valence-corrected chi connectivity index (χ1v) is 7.96. The summed E-state index contributed by atoms with van der Waals surface area (Å²) < 4.78 is 13.5. The van der Waals surface area contributed by atoms with E-state index in [1.807, 2.05) is 6.07 Å². The summed E-state index contributed by atoms with van der Waals surface area (Å²) >= 11 is 0. The molecule has 2 N–H and O–H groups in total. The van der Waals surface area contributed by atoms with Crippen molar-refractivity contribution in [1.29, 1.82) is 0 Å². The highest BCUT2D eigenvalue weighted by Gasteiger charge is 2.17. The van der Waals surface area contributed by atoms with E-state index in [4.69, 9.17) is 0 Å². The van der Waals surface area contributed by atoms with Gasteiger partial charge in [-0.3, -0.25) is 4.99 Å². The lowest BCUT2D eigenvalue weighted by atomic mass is 9.99. The van der Waals surface area contributed by atoms with Gasteiger partial charge in [0.2, 0.25) is 0 Å². The van der Waals surface area contributed by atoms with Crippen molar-refractivity contribution in [2.45, 2.75) is 26.3 Å². The van der Waals surface area contributed by atoms with Crippen LogP contribution in [-0.2, 0) is 6.54 Å². The van der Waals surface area contributed by atoms with Crippen molar-refractivity contribution in [3.63, 3.8) is 0 Å². The molecule has 1 aliphatic heterocycles. The number of guanidine groups is 1. The van der Waals surface area contributed by atoms with E-state index in [9.17, 15) is 4.39 Å². The van der Waals surface area contributed by atoms with Crippen LogP contribution in [0.5, 0.6) is 0 Å². The third-order valence-electron chi connectivity index (χ3n) is 4.20. The maximum absolute atomic E-state index is 13.5. The number of hydrogen-bond acceptors (Lipinski definition) is 2. The Balaban J connectivity index is 0.00000264. The van der Waals surface area contributed by atoms with Gasteiger partial charge >= 0.3 is 0 Å². The maximum Gasteiger partial charge on any atom is 0.191 e. The topological polar surface area (TPSA) is 39.7 Å². The number of benzene rings is 1. The zero-order chi connectivity index (χ0) is 15.9. The van der Waals surface area contributed by atoms with Gasteiger partial charge in [-0.1, -0.05) is 12.1 Å². The van der Waals surface area contributed by atoms with E-state index in [1.54, 1.807) is 26.1 Å². The Hall–Kier alpha value is -0.890. The highest BCUT2D eigenvalue weighted by Crippen LogP contribution is 2.13. The standard InChI is InChI=1S/C17H27FN4.HI/c1-13-6-7-14(9-16(13)18)10-20-17(19-2)21-11-15-5-4-8-22(3)12-15;/h6-7,9,15H,4-5,8,10-12H2,1-3H3,(H2,19,20,21);1H. The summed E-state index contributed by atoms with van der Waals surface area (Å²) in [5.74, 6) is 1.27. The van der Waals surface area contributed by atoms with E-state index in [1.165, 1.54) is 19.4 Å². The molecule has 2 rings (SSSR count). The average molecular weight is 434 g/mol. The van der Waals surface area contributed by atoms with E-state index < -0.39 is 0 Å². The van der Waals surface area contributed by atoms with Gasteiger partial charge < -0.3 is 15.5 Å². The minimum Gasteiger partial charge on any atom is -0.356 e. The summed E-state index contributed by atoms with van der Waals surface area (Å²) in [5.41, 5.74) is 1.59. The molecular formula is C17H28FIN4. The van der Waals surface area contributed by atoms with Gasteiger partial charge in [0.05, 0.1) is 0 Å². The van der Waals surface area contributed by atoms with Gasteiger partial charge in [0.15, 0.2) is 5.96 Å². The third-order valence-corrected chi connectivity index (χ3v) is 4.20. The zero-order valence-corrected chi connectivity index (χ0v) is 16.6. The Labute approximate surface area is 156 Å². The van der Waals surface area contributed by atoms with E-state index in [-0.39, 0.29) is 29.8 Å². The first-order valence-electron chi connectivity index (χ1n) is 7.96. The Kier molecular flexibility index (Phi) is 8.83. The SMILES string of the molecule is CN=C(NCc1ccc(C)c(F)c1)NCC1CCCN(C)C1.I. The number of halogens is 2. The second kappa shape index (κ2) is 10.1. The van der Waals surface area contributed by atoms with E-state index in [0.717, 1.165) is 24.6 Å². The Morgan fingerprint density at radius 2 is 2.17 bits per heavy atom. The number of aryl methyl sites for hydroxylation is 1. The molecule has 23 heavy (non-hydrogen) atoms. The van der Waals surface area contributed by atoms with Crippen molar-refractivity contribution in [3.8, 4) is 0 Å². The number of likely N-dealkylation sites (tertiary alicyclic amines) is 1. The summed E-state index contributed by atoms with van der Waals surface area (Å²) in [6.45, 7) is 5.59. The second-order valence-electron chi connectivity index (χ2n) is 6.16. The van der Waals surface area contributed by atoms with Crippen molar-refractivity contribution in [2.75, 3.05) is 33.7 Å². The van der Waals surface area contributed by atoms with Crippen LogP contribution in [0.25, 0.3) is 0 Å².